The van der Waals surface area contributed by atoms with E-state index in [0.29, 0.717) is 6.04 Å². The molecule has 3 nitrogen and oxygen atoms in total. The van der Waals surface area contributed by atoms with Crippen LogP contribution in [0.4, 0.5) is 0 Å². The Morgan fingerprint density at radius 2 is 2.19 bits per heavy atom. The van der Waals surface area contributed by atoms with Crippen molar-refractivity contribution in [1.82, 2.24) is 10.3 Å². The monoisotopic (exact) mass is 220 g/mol. The third-order valence-corrected chi connectivity index (χ3v) is 2.88. The second kappa shape index (κ2) is 4.42. The van der Waals surface area contributed by atoms with Crippen molar-refractivity contribution < 1.29 is 4.74 Å². The smallest absolute Gasteiger partial charge is 0.137 e. The summed E-state index contributed by atoms with van der Waals surface area (Å²) >= 11 is 0. The molecule has 16 heavy (non-hydrogen) atoms. The van der Waals surface area contributed by atoms with Gasteiger partial charge < -0.3 is 10.1 Å². The van der Waals surface area contributed by atoms with Gasteiger partial charge in [-0.2, -0.15) is 0 Å². The van der Waals surface area contributed by atoms with Gasteiger partial charge >= 0.3 is 0 Å². The number of nitrogens with one attached hydrogen (secondary N) is 1. The summed E-state index contributed by atoms with van der Waals surface area (Å²) in [5.41, 5.74) is 1.20. The highest BCUT2D eigenvalue weighted by molar-refractivity contribution is 5.23. The molecule has 1 saturated heterocycles. The lowest BCUT2D eigenvalue weighted by Gasteiger charge is -2.27. The predicted molar refractivity (Wildman–Crippen MR) is 64.8 cm³/mol. The standard InChI is InChI=1S/C13H20N2O/c1-13(2,3)12-5-4-11(8-15-12)16-9-10-6-7-14-10/h4-5,8,10,14H,6-7,9H2,1-3H3. The molecular formula is C13H20N2O. The lowest BCUT2D eigenvalue weighted by atomic mass is 9.92. The highest BCUT2D eigenvalue weighted by Crippen LogP contribution is 2.21. The van der Waals surface area contributed by atoms with E-state index in [-0.39, 0.29) is 5.41 Å². The van der Waals surface area contributed by atoms with Gasteiger partial charge in [-0.05, 0) is 25.1 Å². The zero-order valence-corrected chi connectivity index (χ0v) is 10.3. The van der Waals surface area contributed by atoms with Gasteiger partial charge in [0.05, 0.1) is 6.20 Å². The summed E-state index contributed by atoms with van der Waals surface area (Å²) in [7, 11) is 0. The second-order valence-corrected chi connectivity index (χ2v) is 5.38. The van der Waals surface area contributed by atoms with Crippen LogP contribution in [0.3, 0.4) is 0 Å². The van der Waals surface area contributed by atoms with E-state index in [1.54, 1.807) is 0 Å². The molecule has 2 heterocycles. The molecule has 3 heteroatoms. The number of ether oxygens (including phenoxy) is 1. The highest BCUT2D eigenvalue weighted by Gasteiger charge is 2.17. The molecule has 0 amide bonds. The Morgan fingerprint density at radius 3 is 2.62 bits per heavy atom. The van der Waals surface area contributed by atoms with Crippen LogP contribution in [0.5, 0.6) is 5.75 Å². The lowest BCUT2D eigenvalue weighted by Crippen LogP contribution is -2.46. The molecule has 2 rings (SSSR count). The van der Waals surface area contributed by atoms with Crippen LogP contribution in [0.15, 0.2) is 18.3 Å². The Labute approximate surface area is 97.2 Å². The summed E-state index contributed by atoms with van der Waals surface area (Å²) < 4.78 is 5.65. The highest BCUT2D eigenvalue weighted by atomic mass is 16.5. The van der Waals surface area contributed by atoms with Crippen molar-refractivity contribution in [2.45, 2.75) is 38.6 Å². The average molecular weight is 220 g/mol. The van der Waals surface area contributed by atoms with E-state index in [4.69, 9.17) is 4.74 Å². The van der Waals surface area contributed by atoms with Crippen molar-refractivity contribution in [2.75, 3.05) is 13.2 Å². The normalized spacial score (nSPS) is 20.3. The number of hydrogen-bond donors (Lipinski definition) is 1. The van der Waals surface area contributed by atoms with E-state index in [9.17, 15) is 0 Å². The summed E-state index contributed by atoms with van der Waals surface area (Å²) in [6.07, 6.45) is 3.03. The van der Waals surface area contributed by atoms with Gasteiger partial charge in [0.1, 0.15) is 12.4 Å². The van der Waals surface area contributed by atoms with Gasteiger partial charge in [0.15, 0.2) is 0 Å². The van der Waals surface area contributed by atoms with Gasteiger partial charge in [0.25, 0.3) is 0 Å². The first kappa shape index (κ1) is 11.4. The van der Waals surface area contributed by atoms with Crippen LogP contribution in [0.1, 0.15) is 32.9 Å². The maximum atomic E-state index is 5.65. The van der Waals surface area contributed by atoms with Crippen LogP contribution in [0.25, 0.3) is 0 Å². The molecule has 1 fully saturated rings. The molecule has 1 atom stereocenters. The zero-order valence-electron chi connectivity index (χ0n) is 10.3. The third-order valence-electron chi connectivity index (χ3n) is 2.88. The van der Waals surface area contributed by atoms with E-state index in [1.807, 2.05) is 18.3 Å². The van der Waals surface area contributed by atoms with Gasteiger partial charge in [0, 0.05) is 17.2 Å². The molecular weight excluding hydrogens is 200 g/mol. The summed E-state index contributed by atoms with van der Waals surface area (Å²) in [5, 5.41) is 3.31. The second-order valence-electron chi connectivity index (χ2n) is 5.38. The molecule has 0 radical (unpaired) electrons. The van der Waals surface area contributed by atoms with Crippen molar-refractivity contribution in [3.8, 4) is 5.75 Å². The van der Waals surface area contributed by atoms with Crippen molar-refractivity contribution in [3.63, 3.8) is 0 Å². The van der Waals surface area contributed by atoms with Crippen LogP contribution < -0.4 is 10.1 Å². The van der Waals surface area contributed by atoms with Gasteiger partial charge in [-0.25, -0.2) is 0 Å². The SMILES string of the molecule is CC(C)(C)c1ccc(OCC2CCN2)cn1. The molecule has 0 aromatic carbocycles. The maximum Gasteiger partial charge on any atom is 0.137 e. The zero-order chi connectivity index (χ0) is 11.6. The molecule has 1 aromatic rings. The fourth-order valence-electron chi connectivity index (χ4n) is 1.60. The first-order valence-corrected chi connectivity index (χ1v) is 5.88. The number of nitrogens with zero attached hydrogens (tertiary/aromatic N) is 1. The third kappa shape index (κ3) is 2.73. The lowest BCUT2D eigenvalue weighted by molar-refractivity contribution is 0.216. The number of rotatable bonds is 3. The van der Waals surface area contributed by atoms with Crippen molar-refractivity contribution >= 4 is 0 Å². The summed E-state index contributed by atoms with van der Waals surface area (Å²) in [6.45, 7) is 8.35. The van der Waals surface area contributed by atoms with Crippen LogP contribution >= 0.6 is 0 Å². The molecule has 0 saturated carbocycles. The molecule has 1 aliphatic heterocycles. The Hall–Kier alpha value is -1.09. The first-order valence-electron chi connectivity index (χ1n) is 5.88. The van der Waals surface area contributed by atoms with Crippen molar-refractivity contribution in [2.24, 2.45) is 0 Å². The van der Waals surface area contributed by atoms with Crippen LogP contribution in [-0.2, 0) is 5.41 Å². The van der Waals surface area contributed by atoms with Crippen LogP contribution in [-0.4, -0.2) is 24.2 Å². The van der Waals surface area contributed by atoms with Gasteiger partial charge in [-0.1, -0.05) is 20.8 Å². The van der Waals surface area contributed by atoms with E-state index < -0.39 is 0 Å². The van der Waals surface area contributed by atoms with Gasteiger partial charge in [0.2, 0.25) is 0 Å². The summed E-state index contributed by atoms with van der Waals surface area (Å²) in [4.78, 5) is 4.43. The maximum absolute atomic E-state index is 5.65. The largest absolute Gasteiger partial charge is 0.490 e. The Kier molecular flexibility index (Phi) is 3.15. The quantitative estimate of drug-likeness (QED) is 0.847. The van der Waals surface area contributed by atoms with E-state index >= 15 is 0 Å². The number of aromatic nitrogens is 1. The van der Waals surface area contributed by atoms with E-state index in [2.05, 4.69) is 31.1 Å². The fourth-order valence-corrected chi connectivity index (χ4v) is 1.60. The minimum absolute atomic E-state index is 0.105. The summed E-state index contributed by atoms with van der Waals surface area (Å²) in [6, 6.07) is 4.58. The fraction of sp³-hybridized carbons (Fsp3) is 0.615. The van der Waals surface area contributed by atoms with Gasteiger partial charge in [-0.15, -0.1) is 0 Å². The predicted octanol–water partition coefficient (Wildman–Crippen LogP) is 2.12. The van der Waals surface area contributed by atoms with Gasteiger partial charge in [-0.3, -0.25) is 4.98 Å². The molecule has 1 N–H and O–H groups in total. The molecule has 88 valence electrons. The number of hydrogen-bond acceptors (Lipinski definition) is 3. The molecule has 0 spiro atoms. The Morgan fingerprint density at radius 1 is 1.44 bits per heavy atom. The molecule has 0 bridgehead atoms. The first-order chi connectivity index (χ1) is 7.55. The van der Waals surface area contributed by atoms with Crippen LogP contribution in [0.2, 0.25) is 0 Å². The van der Waals surface area contributed by atoms with Crippen molar-refractivity contribution in [1.29, 1.82) is 0 Å². The minimum atomic E-state index is 0.105. The van der Waals surface area contributed by atoms with E-state index in [0.717, 1.165) is 24.6 Å². The number of pyridine rings is 1. The molecule has 1 unspecified atom stereocenters. The molecule has 1 aromatic heterocycles. The topological polar surface area (TPSA) is 34.1 Å². The summed E-state index contributed by atoms with van der Waals surface area (Å²) in [5.74, 6) is 0.863. The molecule has 1 aliphatic rings. The minimum Gasteiger partial charge on any atom is -0.490 e. The Balaban J connectivity index is 1.91. The average Bonchev–Trinajstić information content (AvgIpc) is 2.15. The molecule has 0 aliphatic carbocycles. The van der Waals surface area contributed by atoms with E-state index in [1.165, 1.54) is 6.42 Å². The van der Waals surface area contributed by atoms with Crippen LogP contribution in [0, 0.1) is 0 Å². The van der Waals surface area contributed by atoms with Crippen molar-refractivity contribution in [3.05, 3.63) is 24.0 Å². The Bertz CT molecular complexity index is 336.